The van der Waals surface area contributed by atoms with Crippen molar-refractivity contribution in [3.8, 4) is 0 Å². The van der Waals surface area contributed by atoms with Gasteiger partial charge in [-0.1, -0.05) is 28.1 Å². The van der Waals surface area contributed by atoms with Crippen LogP contribution in [0.5, 0.6) is 0 Å². The summed E-state index contributed by atoms with van der Waals surface area (Å²) in [5.41, 5.74) is 2.32. The number of nitrogens with zero attached hydrogens (tertiary/aromatic N) is 1. The van der Waals surface area contributed by atoms with Gasteiger partial charge >= 0.3 is 0 Å². The second kappa shape index (κ2) is 7.31. The second-order valence-electron chi connectivity index (χ2n) is 4.63. The minimum Gasteiger partial charge on any atom is -0.383 e. The molecule has 1 aromatic carbocycles. The highest BCUT2D eigenvalue weighted by atomic mass is 79.9. The van der Waals surface area contributed by atoms with Crippen LogP contribution in [0.1, 0.15) is 27.2 Å². The van der Waals surface area contributed by atoms with Gasteiger partial charge in [-0.3, -0.25) is 0 Å². The van der Waals surface area contributed by atoms with Gasteiger partial charge in [0.15, 0.2) is 0 Å². The minimum atomic E-state index is 0.111. The SMILES string of the molecule is COCCNC(c1cccc(Br)c1)c1nc(C)c(C)s1. The molecule has 1 aromatic heterocycles. The first kappa shape index (κ1) is 15.6. The van der Waals surface area contributed by atoms with Crippen molar-refractivity contribution in [1.29, 1.82) is 0 Å². The minimum absolute atomic E-state index is 0.111. The molecule has 0 aliphatic rings. The maximum Gasteiger partial charge on any atom is 0.115 e. The van der Waals surface area contributed by atoms with Crippen LogP contribution in [0.4, 0.5) is 0 Å². The van der Waals surface area contributed by atoms with Crippen molar-refractivity contribution in [3.63, 3.8) is 0 Å². The molecule has 0 radical (unpaired) electrons. The number of aryl methyl sites for hydroxylation is 2. The van der Waals surface area contributed by atoms with Gasteiger partial charge in [0.25, 0.3) is 0 Å². The highest BCUT2D eigenvalue weighted by molar-refractivity contribution is 9.10. The number of thiazole rings is 1. The summed E-state index contributed by atoms with van der Waals surface area (Å²) in [5.74, 6) is 0. The molecule has 0 aliphatic carbocycles. The van der Waals surface area contributed by atoms with E-state index < -0.39 is 0 Å². The summed E-state index contributed by atoms with van der Waals surface area (Å²) in [6.45, 7) is 5.66. The number of halogens is 1. The third kappa shape index (κ3) is 3.88. The molecule has 2 aromatic rings. The lowest BCUT2D eigenvalue weighted by Crippen LogP contribution is -2.26. The number of benzene rings is 1. The number of rotatable bonds is 6. The Balaban J connectivity index is 2.28. The summed E-state index contributed by atoms with van der Waals surface area (Å²) in [5, 5.41) is 4.63. The molecule has 0 saturated carbocycles. The van der Waals surface area contributed by atoms with Gasteiger partial charge < -0.3 is 10.1 Å². The van der Waals surface area contributed by atoms with Crippen molar-refractivity contribution in [2.75, 3.05) is 20.3 Å². The monoisotopic (exact) mass is 354 g/mol. The van der Waals surface area contributed by atoms with Gasteiger partial charge in [-0.05, 0) is 31.5 Å². The van der Waals surface area contributed by atoms with Crippen molar-refractivity contribution >= 4 is 27.3 Å². The third-order valence-electron chi connectivity index (χ3n) is 3.13. The molecule has 0 aliphatic heterocycles. The maximum atomic E-state index is 5.13. The van der Waals surface area contributed by atoms with E-state index in [9.17, 15) is 0 Å². The zero-order valence-corrected chi connectivity index (χ0v) is 14.3. The second-order valence-corrected chi connectivity index (χ2v) is 6.78. The number of hydrogen-bond acceptors (Lipinski definition) is 4. The molecule has 0 fully saturated rings. The number of hydrogen-bond donors (Lipinski definition) is 1. The number of methoxy groups -OCH3 is 1. The van der Waals surface area contributed by atoms with Crippen LogP contribution in [0, 0.1) is 13.8 Å². The van der Waals surface area contributed by atoms with Crippen LogP contribution >= 0.6 is 27.3 Å². The first-order valence-corrected chi connectivity index (χ1v) is 8.14. The summed E-state index contributed by atoms with van der Waals surface area (Å²) in [6, 6.07) is 8.46. The zero-order chi connectivity index (χ0) is 14.5. The quantitative estimate of drug-likeness (QED) is 0.800. The van der Waals surface area contributed by atoms with E-state index >= 15 is 0 Å². The van der Waals surface area contributed by atoms with Crippen molar-refractivity contribution in [2.24, 2.45) is 0 Å². The molecule has 3 nitrogen and oxygen atoms in total. The Kier molecular flexibility index (Phi) is 5.72. The summed E-state index contributed by atoms with van der Waals surface area (Å²) in [4.78, 5) is 5.97. The molecule has 2 rings (SSSR count). The zero-order valence-electron chi connectivity index (χ0n) is 11.9. The van der Waals surface area contributed by atoms with Gasteiger partial charge in [0, 0.05) is 23.0 Å². The third-order valence-corrected chi connectivity index (χ3v) is 4.76. The fourth-order valence-electron chi connectivity index (χ4n) is 1.96. The summed E-state index contributed by atoms with van der Waals surface area (Å²) >= 11 is 5.29. The van der Waals surface area contributed by atoms with Crippen LogP contribution in [-0.4, -0.2) is 25.2 Å². The van der Waals surface area contributed by atoms with Crippen molar-refractivity contribution in [2.45, 2.75) is 19.9 Å². The molecule has 20 heavy (non-hydrogen) atoms. The Labute approximate surface area is 132 Å². The van der Waals surface area contributed by atoms with Gasteiger partial charge in [0.2, 0.25) is 0 Å². The Morgan fingerprint density at radius 1 is 1.40 bits per heavy atom. The molecule has 0 spiro atoms. The van der Waals surface area contributed by atoms with Crippen LogP contribution in [0.2, 0.25) is 0 Å². The smallest absolute Gasteiger partial charge is 0.115 e. The fraction of sp³-hybridized carbons (Fsp3) is 0.400. The molecule has 0 bridgehead atoms. The molecular formula is C15H19BrN2OS. The first-order valence-electron chi connectivity index (χ1n) is 6.53. The largest absolute Gasteiger partial charge is 0.383 e. The van der Waals surface area contributed by atoms with Crippen molar-refractivity contribution in [3.05, 3.63) is 49.9 Å². The number of aromatic nitrogens is 1. The van der Waals surface area contributed by atoms with Crippen molar-refractivity contribution in [1.82, 2.24) is 10.3 Å². The van der Waals surface area contributed by atoms with E-state index in [1.54, 1.807) is 18.4 Å². The first-order chi connectivity index (χ1) is 9.61. The van der Waals surface area contributed by atoms with Crippen molar-refractivity contribution < 1.29 is 4.74 Å². The van der Waals surface area contributed by atoms with E-state index in [1.807, 2.05) is 6.07 Å². The Bertz CT molecular complexity index is 551. The molecule has 108 valence electrons. The van der Waals surface area contributed by atoms with Gasteiger partial charge in [-0.25, -0.2) is 4.98 Å². The van der Waals surface area contributed by atoms with Gasteiger partial charge in [-0.2, -0.15) is 0 Å². The summed E-state index contributed by atoms with van der Waals surface area (Å²) < 4.78 is 6.21. The normalized spacial score (nSPS) is 12.6. The Hall–Kier alpha value is -0.750. The average Bonchev–Trinajstić information content (AvgIpc) is 2.74. The predicted octanol–water partition coefficient (Wildman–Crippen LogP) is 3.85. The predicted molar refractivity (Wildman–Crippen MR) is 87.5 cm³/mol. The van der Waals surface area contributed by atoms with E-state index in [4.69, 9.17) is 9.72 Å². The van der Waals surface area contributed by atoms with E-state index in [0.29, 0.717) is 6.61 Å². The average molecular weight is 355 g/mol. The van der Waals surface area contributed by atoms with Crippen LogP contribution in [-0.2, 0) is 4.74 Å². The molecule has 0 saturated heterocycles. The van der Waals surface area contributed by atoms with E-state index in [1.165, 1.54) is 10.4 Å². The molecular weight excluding hydrogens is 336 g/mol. The number of ether oxygens (including phenoxy) is 1. The molecule has 1 N–H and O–H groups in total. The molecule has 1 heterocycles. The van der Waals surface area contributed by atoms with Crippen LogP contribution < -0.4 is 5.32 Å². The van der Waals surface area contributed by atoms with E-state index in [2.05, 4.69) is 53.3 Å². The topological polar surface area (TPSA) is 34.1 Å². The lowest BCUT2D eigenvalue weighted by atomic mass is 10.1. The standard InChI is InChI=1S/C15H19BrN2OS/c1-10-11(2)20-15(18-10)14(17-7-8-19-3)12-5-4-6-13(16)9-12/h4-6,9,14,17H,7-8H2,1-3H3. The molecule has 1 unspecified atom stereocenters. The fourth-order valence-corrected chi connectivity index (χ4v) is 3.40. The molecule has 5 heteroatoms. The van der Waals surface area contributed by atoms with Gasteiger partial charge in [0.05, 0.1) is 18.3 Å². The Morgan fingerprint density at radius 3 is 2.80 bits per heavy atom. The van der Waals surface area contributed by atoms with Crippen LogP contribution in [0.3, 0.4) is 0 Å². The highest BCUT2D eigenvalue weighted by Gasteiger charge is 2.18. The highest BCUT2D eigenvalue weighted by Crippen LogP contribution is 2.29. The van der Waals surface area contributed by atoms with Crippen LogP contribution in [0.25, 0.3) is 0 Å². The summed E-state index contributed by atoms with van der Waals surface area (Å²) in [7, 11) is 1.72. The van der Waals surface area contributed by atoms with E-state index in [0.717, 1.165) is 21.7 Å². The lowest BCUT2D eigenvalue weighted by molar-refractivity contribution is 0.197. The lowest BCUT2D eigenvalue weighted by Gasteiger charge is -2.17. The van der Waals surface area contributed by atoms with E-state index in [-0.39, 0.29) is 6.04 Å². The van der Waals surface area contributed by atoms with Gasteiger partial charge in [-0.15, -0.1) is 11.3 Å². The van der Waals surface area contributed by atoms with Crippen LogP contribution in [0.15, 0.2) is 28.7 Å². The maximum absolute atomic E-state index is 5.13. The molecule has 1 atom stereocenters. The Morgan fingerprint density at radius 2 is 2.20 bits per heavy atom. The summed E-state index contributed by atoms with van der Waals surface area (Å²) in [6.07, 6.45) is 0. The number of nitrogens with one attached hydrogen (secondary N) is 1. The molecule has 0 amide bonds. The van der Waals surface area contributed by atoms with Gasteiger partial charge in [0.1, 0.15) is 5.01 Å².